The number of nitro benzene ring substituents is 1. The molecule has 0 radical (unpaired) electrons. The van der Waals surface area contributed by atoms with E-state index in [0.29, 0.717) is 17.0 Å². The van der Waals surface area contributed by atoms with Crippen LogP contribution in [0.4, 0.5) is 5.69 Å². The molecule has 130 valence electrons. The molecule has 7 nitrogen and oxygen atoms in total. The lowest BCUT2D eigenvalue weighted by Gasteiger charge is -2.19. The molecule has 0 fully saturated rings. The Morgan fingerprint density at radius 3 is 2.29 bits per heavy atom. The highest BCUT2D eigenvalue weighted by atomic mass is 32.2. The first-order valence-electron chi connectivity index (χ1n) is 7.11. The van der Waals surface area contributed by atoms with Gasteiger partial charge in [0.05, 0.1) is 25.5 Å². The van der Waals surface area contributed by atoms with E-state index in [1.165, 1.54) is 12.1 Å². The third-order valence-electron chi connectivity index (χ3n) is 3.26. The number of non-ortho nitro benzene ring substituents is 1. The maximum atomic E-state index is 12.5. The predicted molar refractivity (Wildman–Crippen MR) is 92.1 cm³/mol. The standard InChI is InChI=1S/C15H18N2O5S2/c1-15(2,3)23(20)14-6-4-5-13(14)16-24(21,22)12-9-7-11(8-10-12)17(18)19/h4,6-10,16H,5H2,1-3H3. The van der Waals surface area contributed by atoms with Crippen LogP contribution in [0.5, 0.6) is 0 Å². The Hall–Kier alpha value is -2.00. The molecule has 1 aliphatic rings. The van der Waals surface area contributed by atoms with Crippen molar-refractivity contribution in [3.63, 3.8) is 0 Å². The van der Waals surface area contributed by atoms with Crippen molar-refractivity contribution in [2.24, 2.45) is 0 Å². The Kier molecular flexibility index (Phi) is 4.95. The van der Waals surface area contributed by atoms with Gasteiger partial charge in [0.1, 0.15) is 0 Å². The second kappa shape index (κ2) is 6.48. The molecule has 0 bridgehead atoms. The molecule has 1 aromatic carbocycles. The quantitative estimate of drug-likeness (QED) is 0.633. The first-order valence-corrected chi connectivity index (χ1v) is 9.74. The van der Waals surface area contributed by atoms with Gasteiger partial charge in [-0.25, -0.2) is 8.42 Å². The molecule has 9 heteroatoms. The molecule has 0 heterocycles. The number of nitrogens with one attached hydrogen (secondary N) is 1. The minimum absolute atomic E-state index is 0.0895. The van der Waals surface area contributed by atoms with E-state index >= 15 is 0 Å². The summed E-state index contributed by atoms with van der Waals surface area (Å²) < 4.78 is 39.3. The van der Waals surface area contributed by atoms with Gasteiger partial charge in [0.2, 0.25) is 0 Å². The van der Waals surface area contributed by atoms with Crippen LogP contribution >= 0.6 is 0 Å². The van der Waals surface area contributed by atoms with Crippen molar-refractivity contribution in [1.29, 1.82) is 0 Å². The lowest BCUT2D eigenvalue weighted by molar-refractivity contribution is -0.384. The molecule has 0 saturated carbocycles. The monoisotopic (exact) mass is 370 g/mol. The van der Waals surface area contributed by atoms with Crippen LogP contribution < -0.4 is 4.72 Å². The first kappa shape index (κ1) is 18.3. The molecule has 1 atom stereocenters. The Morgan fingerprint density at radius 2 is 1.79 bits per heavy atom. The zero-order valence-corrected chi connectivity index (χ0v) is 15.1. The van der Waals surface area contributed by atoms with E-state index in [-0.39, 0.29) is 10.6 Å². The molecular formula is C15H18N2O5S2. The number of nitrogens with zero attached hydrogens (tertiary/aromatic N) is 1. The summed E-state index contributed by atoms with van der Waals surface area (Å²) in [5, 5.41) is 10.6. The topological polar surface area (TPSA) is 106 Å². The van der Waals surface area contributed by atoms with Crippen LogP contribution in [0.25, 0.3) is 0 Å². The van der Waals surface area contributed by atoms with Crippen LogP contribution in [0.1, 0.15) is 27.2 Å². The zero-order chi connectivity index (χ0) is 18.1. The molecule has 0 aromatic heterocycles. The summed E-state index contributed by atoms with van der Waals surface area (Å²) in [5.41, 5.74) is 0.173. The van der Waals surface area contributed by atoms with E-state index in [1.807, 2.05) is 20.8 Å². The van der Waals surface area contributed by atoms with Crippen LogP contribution in [0.2, 0.25) is 0 Å². The van der Waals surface area contributed by atoms with Crippen molar-refractivity contribution in [3.8, 4) is 0 Å². The molecule has 0 aliphatic heterocycles. The fraction of sp³-hybridized carbons (Fsp3) is 0.333. The van der Waals surface area contributed by atoms with Gasteiger partial charge in [-0.05, 0) is 39.0 Å². The van der Waals surface area contributed by atoms with Gasteiger partial charge in [-0.15, -0.1) is 0 Å². The van der Waals surface area contributed by atoms with Gasteiger partial charge in [-0.2, -0.15) is 0 Å². The van der Waals surface area contributed by atoms with E-state index in [1.54, 1.807) is 12.2 Å². The smallest absolute Gasteiger partial charge is 0.269 e. The summed E-state index contributed by atoms with van der Waals surface area (Å²) in [6, 6.07) is 4.60. The summed E-state index contributed by atoms with van der Waals surface area (Å²) in [4.78, 5) is 10.4. The number of sulfonamides is 1. The van der Waals surface area contributed by atoms with E-state index in [0.717, 1.165) is 12.1 Å². The molecule has 1 aromatic rings. The van der Waals surface area contributed by atoms with Crippen LogP contribution in [0, 0.1) is 10.1 Å². The highest BCUT2D eigenvalue weighted by molar-refractivity contribution is 7.91. The second-order valence-corrected chi connectivity index (χ2v) is 10.1. The maximum absolute atomic E-state index is 12.5. The van der Waals surface area contributed by atoms with Crippen molar-refractivity contribution < 1.29 is 17.6 Å². The SMILES string of the molecule is CC(C)(C)S(=O)C1=C(NS(=O)(=O)c2ccc([N+](=O)[O-])cc2)CC=C1. The van der Waals surface area contributed by atoms with Crippen molar-refractivity contribution in [1.82, 2.24) is 4.72 Å². The molecule has 0 spiro atoms. The molecule has 0 amide bonds. The van der Waals surface area contributed by atoms with Crippen molar-refractivity contribution in [2.75, 3.05) is 0 Å². The van der Waals surface area contributed by atoms with Crippen LogP contribution in [0.3, 0.4) is 0 Å². The largest absolute Gasteiger partial charge is 0.282 e. The van der Waals surface area contributed by atoms with E-state index in [9.17, 15) is 22.7 Å². The Labute approximate surface area is 143 Å². The Morgan fingerprint density at radius 1 is 1.21 bits per heavy atom. The van der Waals surface area contributed by atoms with Crippen molar-refractivity contribution >= 4 is 26.5 Å². The molecule has 1 N–H and O–H groups in total. The number of nitro groups is 1. The molecule has 2 rings (SSSR count). The Balaban J connectivity index is 2.31. The van der Waals surface area contributed by atoms with Gasteiger partial charge in [-0.3, -0.25) is 19.0 Å². The van der Waals surface area contributed by atoms with Crippen LogP contribution in [-0.4, -0.2) is 22.3 Å². The summed E-state index contributed by atoms with van der Waals surface area (Å²) >= 11 is 0. The van der Waals surface area contributed by atoms with Gasteiger partial charge in [0, 0.05) is 29.0 Å². The molecule has 0 saturated heterocycles. The fourth-order valence-electron chi connectivity index (χ4n) is 2.05. The van der Waals surface area contributed by atoms with Crippen LogP contribution in [-0.2, 0) is 20.8 Å². The summed E-state index contributed by atoms with van der Waals surface area (Å²) in [6.07, 6.45) is 3.74. The highest BCUT2D eigenvalue weighted by Crippen LogP contribution is 2.28. The zero-order valence-electron chi connectivity index (χ0n) is 13.5. The second-order valence-electron chi connectivity index (χ2n) is 6.19. The number of hydrogen-bond acceptors (Lipinski definition) is 5. The number of rotatable bonds is 5. The third-order valence-corrected chi connectivity index (χ3v) is 6.56. The maximum Gasteiger partial charge on any atom is 0.269 e. The number of hydrogen-bond donors (Lipinski definition) is 1. The van der Waals surface area contributed by atoms with E-state index in [4.69, 9.17) is 0 Å². The average Bonchev–Trinajstić information content (AvgIpc) is 2.92. The average molecular weight is 370 g/mol. The van der Waals surface area contributed by atoms with Gasteiger partial charge in [0.25, 0.3) is 15.7 Å². The van der Waals surface area contributed by atoms with Crippen LogP contribution in [0.15, 0.2) is 51.9 Å². The van der Waals surface area contributed by atoms with E-state index in [2.05, 4.69) is 4.72 Å². The van der Waals surface area contributed by atoms with Crippen molar-refractivity contribution in [2.45, 2.75) is 36.8 Å². The van der Waals surface area contributed by atoms with Gasteiger partial charge < -0.3 is 0 Å². The summed E-state index contributed by atoms with van der Waals surface area (Å²) in [7, 11) is -5.27. The fourth-order valence-corrected chi connectivity index (χ4v) is 4.48. The number of benzene rings is 1. The van der Waals surface area contributed by atoms with Gasteiger partial charge >= 0.3 is 0 Å². The van der Waals surface area contributed by atoms with E-state index < -0.39 is 30.5 Å². The minimum Gasteiger partial charge on any atom is -0.282 e. The number of allylic oxidation sites excluding steroid dienone is 2. The normalized spacial score (nSPS) is 16.3. The molecule has 1 aliphatic carbocycles. The molecule has 1 unspecified atom stereocenters. The molecular weight excluding hydrogens is 352 g/mol. The van der Waals surface area contributed by atoms with Gasteiger partial charge in [0.15, 0.2) is 0 Å². The highest BCUT2D eigenvalue weighted by Gasteiger charge is 2.28. The lowest BCUT2D eigenvalue weighted by atomic mass is 10.3. The van der Waals surface area contributed by atoms with Crippen molar-refractivity contribution in [3.05, 3.63) is 57.1 Å². The third kappa shape index (κ3) is 3.90. The van der Waals surface area contributed by atoms with Gasteiger partial charge in [-0.1, -0.05) is 6.08 Å². The molecule has 24 heavy (non-hydrogen) atoms. The predicted octanol–water partition coefficient (Wildman–Crippen LogP) is 2.59. The Bertz CT molecular complexity index is 847. The summed E-state index contributed by atoms with van der Waals surface area (Å²) in [5.74, 6) is 0. The minimum atomic E-state index is -3.90. The lowest BCUT2D eigenvalue weighted by Crippen LogP contribution is -2.27. The first-order chi connectivity index (χ1) is 11.0. The summed E-state index contributed by atoms with van der Waals surface area (Å²) in [6.45, 7) is 5.43.